The average Bonchev–Trinajstić information content (AvgIpc) is 2.73. The molecule has 0 saturated carbocycles. The Morgan fingerprint density at radius 1 is 0.879 bits per heavy atom. The maximum Gasteiger partial charge on any atom is 0.327 e. The van der Waals surface area contributed by atoms with E-state index in [0.29, 0.717) is 6.42 Å². The second kappa shape index (κ2) is 13.5. The quantitative estimate of drug-likeness (QED) is 0.178. The van der Waals surface area contributed by atoms with Gasteiger partial charge in [-0.3, -0.25) is 28.9 Å². The normalized spacial score (nSPS) is 15.6. The Kier molecular flexibility index (Phi) is 12.2. The first-order valence-electron chi connectivity index (χ1n) is 10.5. The molecule has 0 spiro atoms. The number of carboxylic acids is 3. The van der Waals surface area contributed by atoms with Crippen molar-refractivity contribution in [2.45, 2.75) is 77.5 Å². The molecule has 0 aliphatic carbocycles. The highest BCUT2D eigenvalue weighted by Gasteiger charge is 2.42. The van der Waals surface area contributed by atoms with Gasteiger partial charge in [0.05, 0.1) is 18.5 Å². The molecule has 5 unspecified atom stereocenters. The number of carbonyl (C=O) groups excluding carboxylic acids is 3. The molecule has 3 amide bonds. The largest absolute Gasteiger partial charge is 0.481 e. The molecule has 8 N–H and O–H groups in total. The summed E-state index contributed by atoms with van der Waals surface area (Å²) in [5.41, 5.74) is 11.7. The highest BCUT2D eigenvalue weighted by atomic mass is 16.4. The van der Waals surface area contributed by atoms with E-state index in [9.17, 15) is 33.9 Å². The topological polar surface area (TPSA) is 230 Å². The van der Waals surface area contributed by atoms with Crippen molar-refractivity contribution in [1.29, 1.82) is 0 Å². The molecule has 0 aromatic heterocycles. The van der Waals surface area contributed by atoms with Gasteiger partial charge in [0, 0.05) is 6.42 Å². The van der Waals surface area contributed by atoms with Crippen molar-refractivity contribution in [1.82, 2.24) is 10.2 Å². The van der Waals surface area contributed by atoms with Gasteiger partial charge in [0.25, 0.3) is 5.91 Å². The Morgan fingerprint density at radius 2 is 1.42 bits per heavy atom. The SMILES string of the molecule is CCC(C)C(N)C(=O)N(C(=O)C(CCC(=O)O)NC(=O)C(N)C(C)C)C(CC(=O)O)C(=O)O. The zero-order valence-corrected chi connectivity index (χ0v) is 19.2. The smallest absolute Gasteiger partial charge is 0.327 e. The number of hydrogen-bond acceptors (Lipinski definition) is 8. The lowest BCUT2D eigenvalue weighted by atomic mass is 9.96. The fraction of sp³-hybridized carbons (Fsp3) is 0.700. The molecular weight excluding hydrogens is 440 g/mol. The number of carbonyl (C=O) groups is 6. The van der Waals surface area contributed by atoms with Crippen LogP contribution in [0, 0.1) is 11.8 Å². The summed E-state index contributed by atoms with van der Waals surface area (Å²) in [5, 5.41) is 30.0. The van der Waals surface area contributed by atoms with E-state index in [-0.39, 0.29) is 10.8 Å². The minimum absolute atomic E-state index is 0.209. The summed E-state index contributed by atoms with van der Waals surface area (Å²) in [6.45, 7) is 6.56. The predicted molar refractivity (Wildman–Crippen MR) is 115 cm³/mol. The van der Waals surface area contributed by atoms with E-state index >= 15 is 0 Å². The summed E-state index contributed by atoms with van der Waals surface area (Å²) in [7, 11) is 0. The number of nitrogens with zero attached hydrogens (tertiary/aromatic N) is 1. The average molecular weight is 475 g/mol. The number of rotatable bonds is 14. The summed E-state index contributed by atoms with van der Waals surface area (Å²) in [4.78, 5) is 73.1. The molecule has 0 bridgehead atoms. The lowest BCUT2D eigenvalue weighted by molar-refractivity contribution is -0.162. The first-order valence-corrected chi connectivity index (χ1v) is 10.5. The van der Waals surface area contributed by atoms with Crippen molar-refractivity contribution < 1.29 is 44.1 Å². The predicted octanol–water partition coefficient (Wildman–Crippen LogP) is -1.02. The first kappa shape index (κ1) is 29.9. The molecule has 13 heteroatoms. The second-order valence-electron chi connectivity index (χ2n) is 8.17. The molecule has 13 nitrogen and oxygen atoms in total. The zero-order chi connectivity index (χ0) is 26.0. The van der Waals surface area contributed by atoms with Gasteiger partial charge < -0.3 is 32.1 Å². The second-order valence-corrected chi connectivity index (χ2v) is 8.17. The first-order chi connectivity index (χ1) is 15.1. The fourth-order valence-electron chi connectivity index (χ4n) is 2.79. The standard InChI is InChI=1S/C20H34N4O9/c1-5-10(4)16(22)19(31)24(12(20(32)33)8-14(27)28)18(30)11(6-7-13(25)26)23-17(29)15(21)9(2)3/h9-12,15-16H,5-8,21-22H2,1-4H3,(H,23,29)(H,25,26)(H,27,28)(H,32,33). The van der Waals surface area contributed by atoms with E-state index in [4.69, 9.17) is 21.7 Å². The Balaban J connectivity index is 6.38. The Morgan fingerprint density at radius 3 is 1.82 bits per heavy atom. The van der Waals surface area contributed by atoms with Gasteiger partial charge in [-0.2, -0.15) is 0 Å². The minimum Gasteiger partial charge on any atom is -0.481 e. The third-order valence-corrected chi connectivity index (χ3v) is 5.26. The van der Waals surface area contributed by atoms with Crippen molar-refractivity contribution >= 4 is 35.6 Å². The van der Waals surface area contributed by atoms with Crippen molar-refractivity contribution in [3.63, 3.8) is 0 Å². The molecule has 0 aromatic rings. The van der Waals surface area contributed by atoms with Gasteiger partial charge in [-0.1, -0.05) is 34.1 Å². The van der Waals surface area contributed by atoms with Crippen LogP contribution in [0.25, 0.3) is 0 Å². The van der Waals surface area contributed by atoms with Crippen molar-refractivity contribution in [3.8, 4) is 0 Å². The number of amides is 3. The summed E-state index contributed by atoms with van der Waals surface area (Å²) < 4.78 is 0. The Bertz CT molecular complexity index is 756. The van der Waals surface area contributed by atoms with Gasteiger partial charge in [0.2, 0.25) is 11.8 Å². The van der Waals surface area contributed by atoms with Crippen molar-refractivity contribution in [3.05, 3.63) is 0 Å². The molecule has 0 aromatic carbocycles. The van der Waals surface area contributed by atoms with Crippen LogP contribution >= 0.6 is 0 Å². The molecule has 5 atom stereocenters. The lowest BCUT2D eigenvalue weighted by Gasteiger charge is -2.33. The van der Waals surface area contributed by atoms with Crippen LogP contribution in [0.1, 0.15) is 53.4 Å². The van der Waals surface area contributed by atoms with Crippen LogP contribution in [0.5, 0.6) is 0 Å². The van der Waals surface area contributed by atoms with Gasteiger partial charge >= 0.3 is 17.9 Å². The van der Waals surface area contributed by atoms with Gasteiger partial charge in [-0.15, -0.1) is 0 Å². The lowest BCUT2D eigenvalue weighted by Crippen LogP contribution is -2.61. The van der Waals surface area contributed by atoms with E-state index in [0.717, 1.165) is 0 Å². The minimum atomic E-state index is -2.12. The zero-order valence-electron chi connectivity index (χ0n) is 19.2. The maximum atomic E-state index is 13.3. The molecule has 0 aliphatic heterocycles. The van der Waals surface area contributed by atoms with E-state index < -0.39 is 85.0 Å². The number of nitrogens with one attached hydrogen (secondary N) is 1. The van der Waals surface area contributed by atoms with Gasteiger partial charge in [-0.25, -0.2) is 4.79 Å². The molecular formula is C20H34N4O9. The van der Waals surface area contributed by atoms with Gasteiger partial charge in [-0.05, 0) is 18.3 Å². The van der Waals surface area contributed by atoms with Crippen LogP contribution in [-0.2, 0) is 28.8 Å². The number of carboxylic acid groups (broad SMARTS) is 3. The summed E-state index contributed by atoms with van der Waals surface area (Å²) in [5.74, 6) is -8.79. The fourth-order valence-corrected chi connectivity index (χ4v) is 2.79. The molecule has 0 aliphatic rings. The maximum absolute atomic E-state index is 13.3. The van der Waals surface area contributed by atoms with Crippen LogP contribution in [-0.4, -0.2) is 80.0 Å². The van der Waals surface area contributed by atoms with Crippen molar-refractivity contribution in [2.75, 3.05) is 0 Å². The molecule has 0 rings (SSSR count). The highest BCUT2D eigenvalue weighted by Crippen LogP contribution is 2.17. The van der Waals surface area contributed by atoms with Gasteiger partial charge in [0.15, 0.2) is 0 Å². The van der Waals surface area contributed by atoms with E-state index in [2.05, 4.69) is 5.32 Å². The number of nitrogens with two attached hydrogens (primary N) is 2. The monoisotopic (exact) mass is 474 g/mol. The van der Waals surface area contributed by atoms with Crippen LogP contribution < -0.4 is 16.8 Å². The molecule has 188 valence electrons. The van der Waals surface area contributed by atoms with E-state index in [1.807, 2.05) is 0 Å². The van der Waals surface area contributed by atoms with Crippen LogP contribution in [0.3, 0.4) is 0 Å². The summed E-state index contributed by atoms with van der Waals surface area (Å²) in [6, 6.07) is -6.20. The van der Waals surface area contributed by atoms with Crippen LogP contribution in [0.4, 0.5) is 0 Å². The summed E-state index contributed by atoms with van der Waals surface area (Å²) in [6.07, 6.45) is -1.82. The molecule has 0 radical (unpaired) electrons. The third-order valence-electron chi connectivity index (χ3n) is 5.26. The molecule has 0 heterocycles. The number of hydrogen-bond donors (Lipinski definition) is 6. The van der Waals surface area contributed by atoms with Gasteiger partial charge in [0.1, 0.15) is 12.1 Å². The summed E-state index contributed by atoms with van der Waals surface area (Å²) >= 11 is 0. The van der Waals surface area contributed by atoms with E-state index in [1.165, 1.54) is 0 Å². The van der Waals surface area contributed by atoms with Crippen LogP contribution in [0.15, 0.2) is 0 Å². The number of aliphatic carboxylic acids is 3. The third kappa shape index (κ3) is 9.14. The number of imide groups is 1. The Labute approximate surface area is 191 Å². The highest BCUT2D eigenvalue weighted by molar-refractivity contribution is 6.05. The van der Waals surface area contributed by atoms with Crippen LogP contribution in [0.2, 0.25) is 0 Å². The molecule has 0 saturated heterocycles. The molecule has 33 heavy (non-hydrogen) atoms. The van der Waals surface area contributed by atoms with Crippen molar-refractivity contribution in [2.24, 2.45) is 23.3 Å². The Hall–Kier alpha value is -3.06. The molecule has 0 fully saturated rings. The van der Waals surface area contributed by atoms with E-state index in [1.54, 1.807) is 27.7 Å².